The zero-order valence-corrected chi connectivity index (χ0v) is 22.8. The molecular formula is C27H42O8. The Kier molecular flexibility index (Phi) is 11.2. The van der Waals surface area contributed by atoms with Crippen LogP contribution < -0.4 is 9.47 Å². The van der Waals surface area contributed by atoms with E-state index in [1.165, 1.54) is 6.42 Å². The molecule has 0 aromatic heterocycles. The molecule has 1 aliphatic rings. The number of hydrogen-bond donors (Lipinski definition) is 1. The molecule has 1 N–H and O–H groups in total. The van der Waals surface area contributed by atoms with Crippen molar-refractivity contribution >= 4 is 17.9 Å². The Bertz CT molecular complexity index is 918. The summed E-state index contributed by atoms with van der Waals surface area (Å²) in [6.07, 6.45) is 2.28. The number of aliphatic carboxylic acids is 1. The van der Waals surface area contributed by atoms with E-state index in [0.29, 0.717) is 42.9 Å². The molecule has 0 bridgehead atoms. The second-order valence-electron chi connectivity index (χ2n) is 9.81. The molecule has 0 spiro atoms. The van der Waals surface area contributed by atoms with Crippen LogP contribution in [0.4, 0.5) is 0 Å². The van der Waals surface area contributed by atoms with E-state index in [0.717, 1.165) is 16.7 Å². The average molecular weight is 495 g/mol. The fraction of sp³-hybridized carbons (Fsp3) is 0.667. The first-order valence-corrected chi connectivity index (χ1v) is 12.2. The lowest BCUT2D eigenvalue weighted by Gasteiger charge is -2.38. The van der Waals surface area contributed by atoms with Gasteiger partial charge >= 0.3 is 17.9 Å². The van der Waals surface area contributed by atoms with Crippen molar-refractivity contribution in [3.63, 3.8) is 0 Å². The van der Waals surface area contributed by atoms with Crippen LogP contribution >= 0.6 is 0 Å². The number of rotatable bonds is 9. The third-order valence-electron chi connectivity index (χ3n) is 5.96. The van der Waals surface area contributed by atoms with Gasteiger partial charge in [0.25, 0.3) is 0 Å². The highest BCUT2D eigenvalue weighted by molar-refractivity contribution is 5.82. The van der Waals surface area contributed by atoms with Crippen LogP contribution in [0.5, 0.6) is 11.5 Å². The van der Waals surface area contributed by atoms with Crippen LogP contribution in [0.15, 0.2) is 0 Å². The minimum Gasteiger partial charge on any atom is -0.481 e. The van der Waals surface area contributed by atoms with E-state index >= 15 is 0 Å². The lowest BCUT2D eigenvalue weighted by atomic mass is 9.87. The Morgan fingerprint density at radius 3 is 2.20 bits per heavy atom. The van der Waals surface area contributed by atoms with Gasteiger partial charge in [0.1, 0.15) is 17.1 Å². The molecule has 35 heavy (non-hydrogen) atoms. The topological polar surface area (TPSA) is 108 Å². The van der Waals surface area contributed by atoms with Crippen molar-refractivity contribution in [3.05, 3.63) is 22.3 Å². The van der Waals surface area contributed by atoms with Gasteiger partial charge in [-0.25, -0.2) is 4.79 Å². The standard InChI is InChI=1S/C24H34O8.C3H8/c1-14-15(2)21-17(16(3)20(14)30-19(27)9-8-18(25)26)10-11-24(6,31-21)22(28)32-23(4,5)12-13-29-7;1-3-2/h8-13H2,1-7H3,(H,25,26);3H2,1-2H3. The van der Waals surface area contributed by atoms with Gasteiger partial charge in [-0.3, -0.25) is 9.59 Å². The second kappa shape index (κ2) is 12.9. The third kappa shape index (κ3) is 8.23. The Balaban J connectivity index is 0.00000194. The fourth-order valence-electron chi connectivity index (χ4n) is 3.66. The summed E-state index contributed by atoms with van der Waals surface area (Å²) in [5.41, 5.74) is 1.28. The van der Waals surface area contributed by atoms with Crippen LogP contribution in [0.2, 0.25) is 0 Å². The molecule has 8 nitrogen and oxygen atoms in total. The average Bonchev–Trinajstić information content (AvgIpc) is 2.78. The molecule has 8 heteroatoms. The van der Waals surface area contributed by atoms with Crippen molar-refractivity contribution in [1.29, 1.82) is 0 Å². The lowest BCUT2D eigenvalue weighted by Crippen LogP contribution is -2.48. The number of ether oxygens (including phenoxy) is 4. The molecule has 198 valence electrons. The highest BCUT2D eigenvalue weighted by atomic mass is 16.6. The summed E-state index contributed by atoms with van der Waals surface area (Å²) in [6.45, 7) is 15.6. The van der Waals surface area contributed by atoms with Crippen molar-refractivity contribution in [3.8, 4) is 11.5 Å². The number of benzene rings is 1. The van der Waals surface area contributed by atoms with E-state index < -0.39 is 29.1 Å². The first kappa shape index (κ1) is 30.4. The van der Waals surface area contributed by atoms with Gasteiger partial charge in [0.2, 0.25) is 5.60 Å². The van der Waals surface area contributed by atoms with Gasteiger partial charge in [-0.1, -0.05) is 20.3 Å². The lowest BCUT2D eigenvalue weighted by molar-refractivity contribution is -0.176. The zero-order valence-electron chi connectivity index (χ0n) is 22.8. The van der Waals surface area contributed by atoms with Crippen molar-refractivity contribution in [2.75, 3.05) is 13.7 Å². The van der Waals surface area contributed by atoms with Crippen molar-refractivity contribution in [2.24, 2.45) is 0 Å². The summed E-state index contributed by atoms with van der Waals surface area (Å²) in [4.78, 5) is 35.9. The first-order valence-electron chi connectivity index (χ1n) is 12.2. The summed E-state index contributed by atoms with van der Waals surface area (Å²) in [6, 6.07) is 0. The third-order valence-corrected chi connectivity index (χ3v) is 5.96. The smallest absolute Gasteiger partial charge is 0.350 e. The SMILES string of the molecule is CCC.COCCC(C)(C)OC(=O)C1(C)CCc2c(C)c(OC(=O)CCC(=O)O)c(C)c(C)c2O1. The van der Waals surface area contributed by atoms with Gasteiger partial charge in [0.05, 0.1) is 12.8 Å². The molecule has 0 aliphatic carbocycles. The van der Waals surface area contributed by atoms with E-state index in [-0.39, 0.29) is 12.8 Å². The Labute approximate surface area is 209 Å². The molecule has 0 amide bonds. The monoisotopic (exact) mass is 494 g/mol. The molecule has 0 fully saturated rings. The zero-order chi connectivity index (χ0) is 27.0. The highest BCUT2D eigenvalue weighted by Gasteiger charge is 2.44. The van der Waals surface area contributed by atoms with E-state index in [4.69, 9.17) is 24.1 Å². The number of carbonyl (C=O) groups is 3. The number of carboxylic acids is 1. The second-order valence-corrected chi connectivity index (χ2v) is 9.81. The quantitative estimate of drug-likeness (QED) is 0.367. The Morgan fingerprint density at radius 1 is 1.06 bits per heavy atom. The van der Waals surface area contributed by atoms with Gasteiger partial charge < -0.3 is 24.1 Å². The summed E-state index contributed by atoms with van der Waals surface area (Å²) in [5, 5.41) is 8.78. The minimum atomic E-state index is -1.14. The molecule has 1 aliphatic heterocycles. The van der Waals surface area contributed by atoms with Gasteiger partial charge in [-0.15, -0.1) is 0 Å². The molecule has 1 heterocycles. The molecule has 2 rings (SSSR count). The summed E-state index contributed by atoms with van der Waals surface area (Å²) >= 11 is 0. The minimum absolute atomic E-state index is 0.205. The van der Waals surface area contributed by atoms with Crippen LogP contribution in [0.1, 0.15) is 89.0 Å². The maximum absolute atomic E-state index is 13.0. The predicted octanol–water partition coefficient (Wildman–Crippen LogP) is 5.24. The van der Waals surface area contributed by atoms with Crippen LogP contribution in [0, 0.1) is 20.8 Å². The Morgan fingerprint density at radius 2 is 1.66 bits per heavy atom. The number of hydrogen-bond acceptors (Lipinski definition) is 7. The maximum atomic E-state index is 13.0. The Hall–Kier alpha value is -2.61. The van der Waals surface area contributed by atoms with Crippen LogP contribution in [-0.4, -0.2) is 47.9 Å². The molecule has 1 unspecified atom stereocenters. The van der Waals surface area contributed by atoms with E-state index in [1.807, 2.05) is 34.6 Å². The van der Waals surface area contributed by atoms with Crippen molar-refractivity contribution < 1.29 is 38.4 Å². The number of carbonyl (C=O) groups excluding carboxylic acids is 2. The summed E-state index contributed by atoms with van der Waals surface area (Å²) in [5.74, 6) is -1.05. The molecule has 1 aromatic rings. The molecule has 0 saturated carbocycles. The van der Waals surface area contributed by atoms with E-state index in [1.54, 1.807) is 14.0 Å². The molecule has 1 atom stereocenters. The first-order chi connectivity index (χ1) is 16.2. The molecular weight excluding hydrogens is 452 g/mol. The van der Waals surface area contributed by atoms with Crippen LogP contribution in [0.25, 0.3) is 0 Å². The van der Waals surface area contributed by atoms with Crippen molar-refractivity contribution in [2.45, 2.75) is 105 Å². The van der Waals surface area contributed by atoms with Crippen LogP contribution in [-0.2, 0) is 30.3 Å². The molecule has 0 radical (unpaired) electrons. The maximum Gasteiger partial charge on any atom is 0.350 e. The van der Waals surface area contributed by atoms with Gasteiger partial charge in [0.15, 0.2) is 0 Å². The number of esters is 2. The van der Waals surface area contributed by atoms with E-state index in [2.05, 4.69) is 13.8 Å². The van der Waals surface area contributed by atoms with Gasteiger partial charge in [-0.05, 0) is 64.7 Å². The number of carboxylic acid groups (broad SMARTS) is 1. The van der Waals surface area contributed by atoms with Gasteiger partial charge in [0, 0.05) is 32.1 Å². The van der Waals surface area contributed by atoms with E-state index in [9.17, 15) is 14.4 Å². The fourth-order valence-corrected chi connectivity index (χ4v) is 3.66. The largest absolute Gasteiger partial charge is 0.481 e. The van der Waals surface area contributed by atoms with Crippen molar-refractivity contribution in [1.82, 2.24) is 0 Å². The van der Waals surface area contributed by atoms with Gasteiger partial charge in [-0.2, -0.15) is 0 Å². The summed E-state index contributed by atoms with van der Waals surface area (Å²) < 4.78 is 22.6. The number of methoxy groups -OCH3 is 1. The summed E-state index contributed by atoms with van der Waals surface area (Å²) in [7, 11) is 1.60. The molecule has 1 aromatic carbocycles. The molecule has 0 saturated heterocycles. The highest BCUT2D eigenvalue weighted by Crippen LogP contribution is 2.44. The normalized spacial score (nSPS) is 16.8. The van der Waals surface area contributed by atoms with Crippen LogP contribution in [0.3, 0.4) is 0 Å². The number of fused-ring (bicyclic) bond motifs is 1. The predicted molar refractivity (Wildman–Crippen MR) is 133 cm³/mol.